The number of likely N-dealkylation sites (N-methyl/N-ethyl adjacent to an activating group) is 1. The summed E-state index contributed by atoms with van der Waals surface area (Å²) in [6.07, 6.45) is 3.16. The Hall–Kier alpha value is -1.10. The molecule has 92 valence electrons. The third-order valence-electron chi connectivity index (χ3n) is 3.59. The zero-order valence-corrected chi connectivity index (χ0v) is 10.1. The molecule has 0 aliphatic heterocycles. The van der Waals surface area contributed by atoms with Crippen LogP contribution in [0.3, 0.4) is 0 Å². The summed E-state index contributed by atoms with van der Waals surface area (Å²) in [5.74, 6) is -1.29. The van der Waals surface area contributed by atoms with Crippen LogP contribution >= 0.6 is 0 Å². The van der Waals surface area contributed by atoms with E-state index < -0.39 is 17.0 Å². The van der Waals surface area contributed by atoms with Gasteiger partial charge in [-0.1, -0.05) is 12.8 Å². The van der Waals surface area contributed by atoms with Crippen LogP contribution in [0.4, 0.5) is 0 Å². The largest absolute Gasteiger partial charge is 0.480 e. The van der Waals surface area contributed by atoms with Crippen molar-refractivity contribution in [1.82, 2.24) is 4.90 Å². The van der Waals surface area contributed by atoms with Crippen LogP contribution in [-0.2, 0) is 9.59 Å². The molecule has 1 amide bonds. The van der Waals surface area contributed by atoms with Gasteiger partial charge in [-0.25, -0.2) is 4.79 Å². The van der Waals surface area contributed by atoms with E-state index in [1.807, 2.05) is 0 Å². The maximum atomic E-state index is 12.2. The van der Waals surface area contributed by atoms with Crippen molar-refractivity contribution in [1.29, 1.82) is 0 Å². The van der Waals surface area contributed by atoms with Gasteiger partial charge in [0.05, 0.1) is 5.54 Å². The second-order valence-corrected chi connectivity index (χ2v) is 5.09. The number of carboxylic acid groups (broad SMARTS) is 1. The van der Waals surface area contributed by atoms with Gasteiger partial charge < -0.3 is 15.7 Å². The molecule has 0 saturated heterocycles. The summed E-state index contributed by atoms with van der Waals surface area (Å²) in [4.78, 5) is 24.5. The van der Waals surface area contributed by atoms with Crippen LogP contribution in [0, 0.1) is 0 Å². The average molecular weight is 228 g/mol. The van der Waals surface area contributed by atoms with Crippen molar-refractivity contribution in [3.05, 3.63) is 0 Å². The SMILES string of the molecule is CN(C(=O)C1(N)CCCC1)C(C)(C)C(=O)O. The molecule has 3 N–H and O–H groups in total. The minimum Gasteiger partial charge on any atom is -0.480 e. The second-order valence-electron chi connectivity index (χ2n) is 5.09. The fourth-order valence-electron chi connectivity index (χ4n) is 1.95. The molecule has 1 saturated carbocycles. The standard InChI is InChI=1S/C11H20N2O3/c1-10(2,9(15)16)13(3)8(14)11(12)6-4-5-7-11/h4-7,12H2,1-3H3,(H,15,16). The van der Waals surface area contributed by atoms with Crippen LogP contribution < -0.4 is 5.73 Å². The van der Waals surface area contributed by atoms with Crippen LogP contribution in [0.2, 0.25) is 0 Å². The predicted octanol–water partition coefficient (Wildman–Crippen LogP) is 0.579. The van der Waals surface area contributed by atoms with Gasteiger partial charge >= 0.3 is 5.97 Å². The zero-order valence-electron chi connectivity index (χ0n) is 10.1. The van der Waals surface area contributed by atoms with Gasteiger partial charge in [0, 0.05) is 7.05 Å². The molecule has 5 nitrogen and oxygen atoms in total. The molecule has 5 heteroatoms. The monoisotopic (exact) mass is 228 g/mol. The number of carboxylic acids is 1. The molecule has 0 atom stereocenters. The Morgan fingerprint density at radius 2 is 1.75 bits per heavy atom. The molecule has 0 bridgehead atoms. The quantitative estimate of drug-likeness (QED) is 0.740. The van der Waals surface area contributed by atoms with E-state index in [0.717, 1.165) is 12.8 Å². The van der Waals surface area contributed by atoms with Gasteiger partial charge in [0.2, 0.25) is 5.91 Å². The molecule has 1 rings (SSSR count). The molecule has 0 aromatic heterocycles. The summed E-state index contributed by atoms with van der Waals surface area (Å²) >= 11 is 0. The van der Waals surface area contributed by atoms with E-state index in [4.69, 9.17) is 10.8 Å². The van der Waals surface area contributed by atoms with Crippen LogP contribution in [0.1, 0.15) is 39.5 Å². The number of aliphatic carboxylic acids is 1. The van der Waals surface area contributed by atoms with Crippen LogP contribution in [0.25, 0.3) is 0 Å². The predicted molar refractivity (Wildman–Crippen MR) is 59.9 cm³/mol. The number of nitrogens with zero attached hydrogens (tertiary/aromatic N) is 1. The molecule has 1 aliphatic carbocycles. The van der Waals surface area contributed by atoms with Gasteiger partial charge in [-0.15, -0.1) is 0 Å². The van der Waals surface area contributed by atoms with Crippen molar-refractivity contribution in [2.24, 2.45) is 5.73 Å². The Labute approximate surface area is 95.6 Å². The molecule has 0 aromatic rings. The molecule has 0 radical (unpaired) electrons. The molecule has 0 unspecified atom stereocenters. The van der Waals surface area contributed by atoms with Crippen molar-refractivity contribution in [2.45, 2.75) is 50.6 Å². The van der Waals surface area contributed by atoms with Gasteiger partial charge in [0.25, 0.3) is 0 Å². The van der Waals surface area contributed by atoms with E-state index in [0.29, 0.717) is 12.8 Å². The summed E-state index contributed by atoms with van der Waals surface area (Å²) < 4.78 is 0. The topological polar surface area (TPSA) is 83.6 Å². The number of hydrogen-bond donors (Lipinski definition) is 2. The average Bonchev–Trinajstić information content (AvgIpc) is 2.63. The summed E-state index contributed by atoms with van der Waals surface area (Å²) in [6, 6.07) is 0. The highest BCUT2D eigenvalue weighted by Crippen LogP contribution is 2.30. The second kappa shape index (κ2) is 4.05. The Bertz CT molecular complexity index is 306. The highest BCUT2D eigenvalue weighted by atomic mass is 16.4. The maximum Gasteiger partial charge on any atom is 0.329 e. The number of nitrogens with two attached hydrogens (primary N) is 1. The first-order chi connectivity index (χ1) is 7.22. The van der Waals surface area contributed by atoms with Gasteiger partial charge in [-0.2, -0.15) is 0 Å². The van der Waals surface area contributed by atoms with Crippen molar-refractivity contribution in [3.8, 4) is 0 Å². The highest BCUT2D eigenvalue weighted by molar-refractivity contribution is 5.91. The maximum absolute atomic E-state index is 12.2. The van der Waals surface area contributed by atoms with Crippen LogP contribution in [0.15, 0.2) is 0 Å². The Morgan fingerprint density at radius 3 is 2.12 bits per heavy atom. The highest BCUT2D eigenvalue weighted by Gasteiger charge is 2.44. The minimum atomic E-state index is -1.22. The van der Waals surface area contributed by atoms with E-state index in [1.54, 1.807) is 0 Å². The molecular weight excluding hydrogens is 208 g/mol. The molecule has 0 spiro atoms. The first kappa shape index (κ1) is 13.0. The van der Waals surface area contributed by atoms with Crippen LogP contribution in [0.5, 0.6) is 0 Å². The zero-order chi connectivity index (χ0) is 12.6. The van der Waals surface area contributed by atoms with Crippen molar-refractivity contribution >= 4 is 11.9 Å². The first-order valence-electron chi connectivity index (χ1n) is 5.52. The lowest BCUT2D eigenvalue weighted by atomic mass is 9.94. The summed E-state index contributed by atoms with van der Waals surface area (Å²) in [5, 5.41) is 9.05. The summed E-state index contributed by atoms with van der Waals surface area (Å²) in [5.41, 5.74) is 3.94. The van der Waals surface area contributed by atoms with Gasteiger partial charge in [-0.3, -0.25) is 4.79 Å². The Kier molecular flexibility index (Phi) is 3.28. The Balaban J connectivity index is 2.85. The molecular formula is C11H20N2O3. The number of hydrogen-bond acceptors (Lipinski definition) is 3. The number of rotatable bonds is 3. The van der Waals surface area contributed by atoms with Crippen molar-refractivity contribution in [3.63, 3.8) is 0 Å². The minimum absolute atomic E-state index is 0.266. The van der Waals surface area contributed by atoms with E-state index in [9.17, 15) is 9.59 Å². The van der Waals surface area contributed by atoms with E-state index >= 15 is 0 Å². The molecule has 16 heavy (non-hydrogen) atoms. The fraction of sp³-hybridized carbons (Fsp3) is 0.818. The van der Waals surface area contributed by atoms with E-state index in [-0.39, 0.29) is 5.91 Å². The molecule has 1 aliphatic rings. The molecule has 1 fully saturated rings. The lowest BCUT2D eigenvalue weighted by Crippen LogP contribution is -2.60. The van der Waals surface area contributed by atoms with Crippen LogP contribution in [-0.4, -0.2) is 40.0 Å². The third kappa shape index (κ3) is 2.04. The number of amides is 1. The lowest BCUT2D eigenvalue weighted by Gasteiger charge is -2.37. The smallest absolute Gasteiger partial charge is 0.329 e. The van der Waals surface area contributed by atoms with Gasteiger partial charge in [0.1, 0.15) is 5.54 Å². The molecule has 0 heterocycles. The van der Waals surface area contributed by atoms with Crippen molar-refractivity contribution in [2.75, 3.05) is 7.05 Å². The number of carbonyl (C=O) groups excluding carboxylic acids is 1. The van der Waals surface area contributed by atoms with E-state index in [2.05, 4.69) is 0 Å². The summed E-state index contributed by atoms with van der Waals surface area (Å²) in [7, 11) is 1.50. The van der Waals surface area contributed by atoms with Gasteiger partial charge in [-0.05, 0) is 26.7 Å². The summed E-state index contributed by atoms with van der Waals surface area (Å²) in [6.45, 7) is 3.01. The number of carbonyl (C=O) groups is 2. The first-order valence-corrected chi connectivity index (χ1v) is 5.52. The normalized spacial score (nSPS) is 19.5. The fourth-order valence-corrected chi connectivity index (χ4v) is 1.95. The van der Waals surface area contributed by atoms with Gasteiger partial charge in [0.15, 0.2) is 0 Å². The third-order valence-corrected chi connectivity index (χ3v) is 3.59. The molecule has 0 aromatic carbocycles. The van der Waals surface area contributed by atoms with E-state index in [1.165, 1.54) is 25.8 Å². The lowest BCUT2D eigenvalue weighted by molar-refractivity contribution is -0.157. The van der Waals surface area contributed by atoms with Crippen molar-refractivity contribution < 1.29 is 14.7 Å². The Morgan fingerprint density at radius 1 is 1.31 bits per heavy atom.